The van der Waals surface area contributed by atoms with E-state index in [1.165, 1.54) is 12.1 Å². The number of hydrogen-bond acceptors (Lipinski definition) is 6. The molecule has 0 bridgehead atoms. The molecular weight excluding hydrogens is 435 g/mol. The Balaban J connectivity index is 1.34. The maximum Gasteiger partial charge on any atom is 0.256 e. The van der Waals surface area contributed by atoms with Crippen molar-refractivity contribution in [2.24, 2.45) is 0 Å². The highest BCUT2D eigenvalue weighted by molar-refractivity contribution is 9.10. The Morgan fingerprint density at radius 3 is 2.78 bits per heavy atom. The molecule has 6 nitrogen and oxygen atoms in total. The van der Waals surface area contributed by atoms with Gasteiger partial charge in [-0.2, -0.15) is 4.98 Å². The van der Waals surface area contributed by atoms with Crippen LogP contribution < -0.4 is 0 Å². The Kier molecular flexibility index (Phi) is 5.33. The van der Waals surface area contributed by atoms with E-state index in [-0.39, 0.29) is 11.5 Å². The zero-order valence-electron chi connectivity index (χ0n) is 14.3. The van der Waals surface area contributed by atoms with E-state index in [1.54, 1.807) is 22.3 Å². The van der Waals surface area contributed by atoms with Crippen LogP contribution in [0.25, 0.3) is 10.7 Å². The van der Waals surface area contributed by atoms with Gasteiger partial charge in [-0.1, -0.05) is 27.2 Å². The highest BCUT2D eigenvalue weighted by Gasteiger charge is 2.25. The molecule has 0 spiro atoms. The van der Waals surface area contributed by atoms with Crippen molar-refractivity contribution in [1.82, 2.24) is 19.9 Å². The molecule has 1 aliphatic heterocycles. The topological polar surface area (TPSA) is 62.5 Å². The van der Waals surface area contributed by atoms with Crippen LogP contribution >= 0.6 is 27.3 Å². The van der Waals surface area contributed by atoms with E-state index < -0.39 is 5.82 Å². The Morgan fingerprint density at radius 2 is 2.07 bits per heavy atom. The largest absolute Gasteiger partial charge is 0.338 e. The Bertz CT molecular complexity index is 939. The highest BCUT2D eigenvalue weighted by atomic mass is 79.9. The molecular formula is C18H16BrFN4O2S. The number of benzene rings is 1. The molecule has 1 saturated heterocycles. The number of nitrogens with zero attached hydrogens (tertiary/aromatic N) is 4. The zero-order valence-corrected chi connectivity index (χ0v) is 16.7. The van der Waals surface area contributed by atoms with Gasteiger partial charge in [-0.15, -0.1) is 11.3 Å². The Labute approximate surface area is 167 Å². The van der Waals surface area contributed by atoms with E-state index in [0.29, 0.717) is 48.9 Å². The molecule has 1 aliphatic rings. The molecule has 140 valence electrons. The minimum Gasteiger partial charge on any atom is -0.338 e. The normalized spacial score (nSPS) is 15.3. The summed E-state index contributed by atoms with van der Waals surface area (Å²) in [6.45, 7) is 2.93. The number of amides is 1. The average molecular weight is 451 g/mol. The molecule has 0 N–H and O–H groups in total. The van der Waals surface area contributed by atoms with Crippen LogP contribution in [0.3, 0.4) is 0 Å². The van der Waals surface area contributed by atoms with Crippen molar-refractivity contribution in [3.05, 3.63) is 57.5 Å². The van der Waals surface area contributed by atoms with Crippen LogP contribution in [0.2, 0.25) is 0 Å². The van der Waals surface area contributed by atoms with Crippen molar-refractivity contribution in [1.29, 1.82) is 0 Å². The molecule has 4 rings (SSSR count). The standard InChI is InChI=1S/C18H16BrFN4O2S/c19-12-3-4-13(14(20)10-12)18(25)24-7-5-23(6-8-24)11-16-21-17(22-26-16)15-2-1-9-27-15/h1-4,9-10H,5-8,11H2. The lowest BCUT2D eigenvalue weighted by atomic mass is 10.1. The molecule has 0 unspecified atom stereocenters. The Hall–Kier alpha value is -2.10. The van der Waals surface area contributed by atoms with Crippen molar-refractivity contribution in [2.45, 2.75) is 6.54 Å². The SMILES string of the molecule is O=C(c1ccc(Br)cc1F)N1CCN(Cc2nc(-c3cccs3)no2)CC1. The molecule has 9 heteroatoms. The molecule has 0 atom stereocenters. The van der Waals surface area contributed by atoms with E-state index in [4.69, 9.17) is 4.52 Å². The number of carbonyl (C=O) groups excluding carboxylic acids is 1. The third-order valence-corrected chi connectivity index (χ3v) is 5.75. The molecule has 1 fully saturated rings. The number of rotatable bonds is 4. The summed E-state index contributed by atoms with van der Waals surface area (Å²) >= 11 is 4.77. The van der Waals surface area contributed by atoms with Crippen molar-refractivity contribution >= 4 is 33.2 Å². The van der Waals surface area contributed by atoms with Gasteiger partial charge >= 0.3 is 0 Å². The number of halogens is 2. The summed E-state index contributed by atoms with van der Waals surface area (Å²) in [6.07, 6.45) is 0. The first kappa shape index (κ1) is 18.3. The van der Waals surface area contributed by atoms with Gasteiger partial charge in [0.2, 0.25) is 11.7 Å². The number of aromatic nitrogens is 2. The lowest BCUT2D eigenvalue weighted by molar-refractivity contribution is 0.0610. The van der Waals surface area contributed by atoms with Gasteiger partial charge in [0.1, 0.15) is 5.82 Å². The second kappa shape index (κ2) is 7.87. The van der Waals surface area contributed by atoms with Gasteiger partial charge in [0, 0.05) is 30.7 Å². The zero-order chi connectivity index (χ0) is 18.8. The van der Waals surface area contributed by atoms with Crippen LogP contribution in [0.5, 0.6) is 0 Å². The molecule has 1 amide bonds. The lowest BCUT2D eigenvalue weighted by Crippen LogP contribution is -2.48. The van der Waals surface area contributed by atoms with E-state index >= 15 is 0 Å². The average Bonchev–Trinajstić information content (AvgIpc) is 3.33. The number of thiophene rings is 1. The first-order chi connectivity index (χ1) is 13.1. The van der Waals surface area contributed by atoms with Crippen LogP contribution in [-0.2, 0) is 6.54 Å². The van der Waals surface area contributed by atoms with Gasteiger partial charge in [0.25, 0.3) is 5.91 Å². The molecule has 3 heterocycles. The minimum atomic E-state index is -0.510. The van der Waals surface area contributed by atoms with Crippen LogP contribution in [0, 0.1) is 5.82 Å². The first-order valence-corrected chi connectivity index (χ1v) is 10.1. The second-order valence-corrected chi connectivity index (χ2v) is 8.04. The van der Waals surface area contributed by atoms with Crippen molar-refractivity contribution in [3.8, 4) is 10.7 Å². The summed E-state index contributed by atoms with van der Waals surface area (Å²) in [5.41, 5.74) is 0.101. The minimum absolute atomic E-state index is 0.101. The van der Waals surface area contributed by atoms with Crippen molar-refractivity contribution in [2.75, 3.05) is 26.2 Å². The third-order valence-electron chi connectivity index (χ3n) is 4.39. The van der Waals surface area contributed by atoms with Gasteiger partial charge in [0.15, 0.2) is 0 Å². The molecule has 0 saturated carbocycles. The van der Waals surface area contributed by atoms with Gasteiger partial charge in [-0.25, -0.2) is 4.39 Å². The predicted molar refractivity (Wildman–Crippen MR) is 103 cm³/mol. The lowest BCUT2D eigenvalue weighted by Gasteiger charge is -2.34. The van der Waals surface area contributed by atoms with E-state index in [0.717, 1.165) is 4.88 Å². The quantitative estimate of drug-likeness (QED) is 0.606. The van der Waals surface area contributed by atoms with E-state index in [1.807, 2.05) is 17.5 Å². The Morgan fingerprint density at radius 1 is 1.26 bits per heavy atom. The van der Waals surface area contributed by atoms with Gasteiger partial charge in [-0.3, -0.25) is 9.69 Å². The van der Waals surface area contributed by atoms with Gasteiger partial charge < -0.3 is 9.42 Å². The fourth-order valence-electron chi connectivity index (χ4n) is 2.96. The summed E-state index contributed by atoms with van der Waals surface area (Å²) in [6, 6.07) is 8.39. The van der Waals surface area contributed by atoms with E-state index in [2.05, 4.69) is 31.0 Å². The molecule has 0 aliphatic carbocycles. The summed E-state index contributed by atoms with van der Waals surface area (Å²) in [5, 5.41) is 5.98. The first-order valence-electron chi connectivity index (χ1n) is 8.43. The van der Waals surface area contributed by atoms with Crippen LogP contribution in [0.15, 0.2) is 44.7 Å². The van der Waals surface area contributed by atoms with Crippen molar-refractivity contribution in [3.63, 3.8) is 0 Å². The molecule has 27 heavy (non-hydrogen) atoms. The summed E-state index contributed by atoms with van der Waals surface area (Å²) < 4.78 is 20.0. The molecule has 3 aromatic rings. The highest BCUT2D eigenvalue weighted by Crippen LogP contribution is 2.22. The summed E-state index contributed by atoms with van der Waals surface area (Å²) in [4.78, 5) is 21.8. The third kappa shape index (κ3) is 4.10. The van der Waals surface area contributed by atoms with Crippen LogP contribution in [-0.4, -0.2) is 52.0 Å². The fourth-order valence-corrected chi connectivity index (χ4v) is 3.94. The maximum absolute atomic E-state index is 14.0. The van der Waals surface area contributed by atoms with Crippen molar-refractivity contribution < 1.29 is 13.7 Å². The predicted octanol–water partition coefficient (Wildman–Crippen LogP) is 3.66. The second-order valence-electron chi connectivity index (χ2n) is 6.18. The molecule has 1 aromatic carbocycles. The monoisotopic (exact) mass is 450 g/mol. The number of carbonyl (C=O) groups is 1. The fraction of sp³-hybridized carbons (Fsp3) is 0.278. The number of piperazine rings is 1. The van der Waals surface area contributed by atoms with Crippen LogP contribution in [0.1, 0.15) is 16.2 Å². The smallest absolute Gasteiger partial charge is 0.256 e. The maximum atomic E-state index is 14.0. The van der Waals surface area contributed by atoms with Gasteiger partial charge in [-0.05, 0) is 29.6 Å². The molecule has 2 aromatic heterocycles. The summed E-state index contributed by atoms with van der Waals surface area (Å²) in [5.74, 6) is 0.359. The van der Waals surface area contributed by atoms with Crippen LogP contribution in [0.4, 0.5) is 4.39 Å². The molecule has 0 radical (unpaired) electrons. The summed E-state index contributed by atoms with van der Waals surface area (Å²) in [7, 11) is 0. The number of hydrogen-bond donors (Lipinski definition) is 0. The van der Waals surface area contributed by atoms with E-state index in [9.17, 15) is 9.18 Å². The van der Waals surface area contributed by atoms with Gasteiger partial charge in [0.05, 0.1) is 17.0 Å².